The molecule has 0 heterocycles. The molecule has 0 N–H and O–H groups in total. The highest BCUT2D eigenvalue weighted by molar-refractivity contribution is 4.81. The lowest BCUT2D eigenvalue weighted by atomic mass is 9.86. The first-order valence-electron chi connectivity index (χ1n) is 3.35. The molecular formula is C8H15F. The predicted octanol–water partition coefficient (Wildman–Crippen LogP) is 2.95. The van der Waals surface area contributed by atoms with Gasteiger partial charge < -0.3 is 0 Å². The molecule has 0 aromatic heterocycles. The van der Waals surface area contributed by atoms with E-state index in [0.717, 1.165) is 12.8 Å². The van der Waals surface area contributed by atoms with Crippen LogP contribution < -0.4 is 0 Å². The van der Waals surface area contributed by atoms with Gasteiger partial charge >= 0.3 is 0 Å². The average Bonchev–Trinajstić information content (AvgIpc) is 1.89. The highest BCUT2D eigenvalue weighted by atomic mass is 19.1. The van der Waals surface area contributed by atoms with Gasteiger partial charge in [-0.3, -0.25) is 4.39 Å². The zero-order chi connectivity index (χ0) is 7.33. The van der Waals surface area contributed by atoms with Crippen LogP contribution >= 0.6 is 0 Å². The molecule has 0 amide bonds. The van der Waals surface area contributed by atoms with Gasteiger partial charge in [0.05, 0.1) is 6.67 Å². The molecule has 0 unspecified atom stereocenters. The Morgan fingerprint density at radius 1 is 1.67 bits per heavy atom. The third-order valence-electron chi connectivity index (χ3n) is 1.81. The second-order valence-corrected chi connectivity index (χ2v) is 2.79. The minimum Gasteiger partial charge on any atom is -0.250 e. The summed E-state index contributed by atoms with van der Waals surface area (Å²) in [7, 11) is 0. The molecule has 0 fully saturated rings. The van der Waals surface area contributed by atoms with E-state index in [-0.39, 0.29) is 12.1 Å². The minimum atomic E-state index is -0.241. The van der Waals surface area contributed by atoms with Gasteiger partial charge in [0.15, 0.2) is 0 Å². The predicted molar refractivity (Wildman–Crippen MR) is 39.2 cm³/mol. The summed E-state index contributed by atoms with van der Waals surface area (Å²) in [5.41, 5.74) is -0.151. The van der Waals surface area contributed by atoms with Crippen LogP contribution in [0.3, 0.4) is 0 Å². The molecule has 0 spiro atoms. The SMILES string of the molecule is C=CC[C@](C)(CC)CF. The summed E-state index contributed by atoms with van der Waals surface area (Å²) < 4.78 is 12.2. The first kappa shape index (κ1) is 8.67. The monoisotopic (exact) mass is 130 g/mol. The number of hydrogen-bond acceptors (Lipinski definition) is 0. The molecule has 0 nitrogen and oxygen atoms in total. The van der Waals surface area contributed by atoms with Crippen molar-refractivity contribution in [3.05, 3.63) is 12.7 Å². The molecule has 0 rings (SSSR count). The van der Waals surface area contributed by atoms with Crippen molar-refractivity contribution in [2.45, 2.75) is 26.7 Å². The molecular weight excluding hydrogens is 115 g/mol. The molecule has 0 aliphatic rings. The van der Waals surface area contributed by atoms with E-state index in [1.165, 1.54) is 0 Å². The Bertz CT molecular complexity index is 82.6. The molecule has 54 valence electrons. The number of allylic oxidation sites excluding steroid dienone is 1. The Kier molecular flexibility index (Phi) is 3.52. The van der Waals surface area contributed by atoms with Gasteiger partial charge in [-0.05, 0) is 18.3 Å². The van der Waals surface area contributed by atoms with Crippen LogP contribution in [-0.2, 0) is 0 Å². The van der Waals surface area contributed by atoms with Crippen molar-refractivity contribution >= 4 is 0 Å². The number of rotatable bonds is 4. The smallest absolute Gasteiger partial charge is 0.0950 e. The molecule has 9 heavy (non-hydrogen) atoms. The zero-order valence-corrected chi connectivity index (χ0v) is 6.28. The van der Waals surface area contributed by atoms with Crippen LogP contribution in [0.4, 0.5) is 4.39 Å². The van der Waals surface area contributed by atoms with Crippen LogP contribution in [-0.4, -0.2) is 6.67 Å². The van der Waals surface area contributed by atoms with Gasteiger partial charge in [0.2, 0.25) is 0 Å². The quantitative estimate of drug-likeness (QED) is 0.513. The minimum absolute atomic E-state index is 0.151. The molecule has 0 saturated carbocycles. The summed E-state index contributed by atoms with van der Waals surface area (Å²) in [6.07, 6.45) is 3.44. The van der Waals surface area contributed by atoms with Crippen molar-refractivity contribution in [2.24, 2.45) is 5.41 Å². The Hall–Kier alpha value is -0.330. The van der Waals surface area contributed by atoms with Gasteiger partial charge in [-0.25, -0.2) is 0 Å². The summed E-state index contributed by atoms with van der Waals surface area (Å²) in [6.45, 7) is 7.28. The van der Waals surface area contributed by atoms with E-state index in [1.54, 1.807) is 6.08 Å². The Labute approximate surface area is 56.8 Å². The van der Waals surface area contributed by atoms with Crippen LogP contribution in [0.1, 0.15) is 26.7 Å². The van der Waals surface area contributed by atoms with Crippen molar-refractivity contribution in [3.63, 3.8) is 0 Å². The van der Waals surface area contributed by atoms with Crippen molar-refractivity contribution in [1.29, 1.82) is 0 Å². The zero-order valence-electron chi connectivity index (χ0n) is 6.28. The fraction of sp³-hybridized carbons (Fsp3) is 0.750. The van der Waals surface area contributed by atoms with Crippen LogP contribution in [0.5, 0.6) is 0 Å². The van der Waals surface area contributed by atoms with Crippen LogP contribution in [0.15, 0.2) is 12.7 Å². The van der Waals surface area contributed by atoms with E-state index in [0.29, 0.717) is 0 Å². The topological polar surface area (TPSA) is 0 Å². The third kappa shape index (κ3) is 2.64. The van der Waals surface area contributed by atoms with Crippen molar-refractivity contribution in [2.75, 3.05) is 6.67 Å². The lowest BCUT2D eigenvalue weighted by Crippen LogP contribution is -2.16. The van der Waals surface area contributed by atoms with Crippen molar-refractivity contribution < 1.29 is 4.39 Å². The van der Waals surface area contributed by atoms with Gasteiger partial charge in [-0.15, -0.1) is 6.58 Å². The van der Waals surface area contributed by atoms with Crippen LogP contribution in [0.2, 0.25) is 0 Å². The van der Waals surface area contributed by atoms with E-state index < -0.39 is 0 Å². The summed E-state index contributed by atoms with van der Waals surface area (Å²) in [5, 5.41) is 0. The van der Waals surface area contributed by atoms with Gasteiger partial charge in [-0.1, -0.05) is 19.9 Å². The summed E-state index contributed by atoms with van der Waals surface area (Å²) in [6, 6.07) is 0. The average molecular weight is 130 g/mol. The lowest BCUT2D eigenvalue weighted by molar-refractivity contribution is 0.225. The molecule has 1 heteroatoms. The lowest BCUT2D eigenvalue weighted by Gasteiger charge is -2.21. The normalized spacial score (nSPS) is 16.8. The Morgan fingerprint density at radius 2 is 2.22 bits per heavy atom. The molecule has 0 aliphatic heterocycles. The van der Waals surface area contributed by atoms with Gasteiger partial charge in [0.1, 0.15) is 0 Å². The Morgan fingerprint density at radius 3 is 2.33 bits per heavy atom. The molecule has 0 bridgehead atoms. The van der Waals surface area contributed by atoms with Gasteiger partial charge in [0.25, 0.3) is 0 Å². The Balaban J connectivity index is 3.75. The largest absolute Gasteiger partial charge is 0.250 e. The summed E-state index contributed by atoms with van der Waals surface area (Å²) >= 11 is 0. The number of halogens is 1. The van der Waals surface area contributed by atoms with E-state index in [2.05, 4.69) is 6.58 Å². The maximum Gasteiger partial charge on any atom is 0.0950 e. The fourth-order valence-corrected chi connectivity index (χ4v) is 0.642. The van der Waals surface area contributed by atoms with E-state index in [1.807, 2.05) is 13.8 Å². The van der Waals surface area contributed by atoms with Crippen molar-refractivity contribution in [1.82, 2.24) is 0 Å². The highest BCUT2D eigenvalue weighted by Crippen LogP contribution is 2.25. The summed E-state index contributed by atoms with van der Waals surface area (Å²) in [5.74, 6) is 0. The second kappa shape index (κ2) is 3.65. The first-order valence-corrected chi connectivity index (χ1v) is 3.35. The van der Waals surface area contributed by atoms with Crippen molar-refractivity contribution in [3.8, 4) is 0 Å². The van der Waals surface area contributed by atoms with Gasteiger partial charge in [0, 0.05) is 0 Å². The van der Waals surface area contributed by atoms with Gasteiger partial charge in [-0.2, -0.15) is 0 Å². The molecule has 0 aliphatic carbocycles. The maximum atomic E-state index is 12.2. The maximum absolute atomic E-state index is 12.2. The summed E-state index contributed by atoms with van der Waals surface area (Å²) in [4.78, 5) is 0. The van der Waals surface area contributed by atoms with Crippen LogP contribution in [0.25, 0.3) is 0 Å². The van der Waals surface area contributed by atoms with E-state index in [9.17, 15) is 4.39 Å². The number of alkyl halides is 1. The molecule has 0 aromatic carbocycles. The molecule has 0 aromatic rings. The molecule has 0 radical (unpaired) electrons. The van der Waals surface area contributed by atoms with Crippen LogP contribution in [0, 0.1) is 5.41 Å². The highest BCUT2D eigenvalue weighted by Gasteiger charge is 2.19. The fourth-order valence-electron chi connectivity index (χ4n) is 0.642. The number of hydrogen-bond donors (Lipinski definition) is 0. The third-order valence-corrected chi connectivity index (χ3v) is 1.81. The first-order chi connectivity index (χ1) is 4.18. The molecule has 1 atom stereocenters. The second-order valence-electron chi connectivity index (χ2n) is 2.79. The van der Waals surface area contributed by atoms with E-state index in [4.69, 9.17) is 0 Å². The molecule has 0 saturated heterocycles. The van der Waals surface area contributed by atoms with E-state index >= 15 is 0 Å². The standard InChI is InChI=1S/C8H15F/c1-4-6-8(3,5-2)7-9/h4H,1,5-7H2,2-3H3/t8-/m0/s1.